The van der Waals surface area contributed by atoms with Gasteiger partial charge in [-0.2, -0.15) is 8.42 Å². The van der Waals surface area contributed by atoms with Crippen LogP contribution < -0.4 is 14.8 Å². The van der Waals surface area contributed by atoms with Gasteiger partial charge in [-0.15, -0.1) is 0 Å². The summed E-state index contributed by atoms with van der Waals surface area (Å²) < 4.78 is 25.4. The first kappa shape index (κ1) is 19.0. The van der Waals surface area contributed by atoms with Gasteiger partial charge in [0.05, 0.1) is 5.69 Å². The Morgan fingerprint density at radius 2 is 1.71 bits per heavy atom. The van der Waals surface area contributed by atoms with Crippen LogP contribution in [0.25, 0.3) is 0 Å². The molecule has 1 spiro atoms. The lowest BCUT2D eigenvalue weighted by atomic mass is 9.74. The van der Waals surface area contributed by atoms with Gasteiger partial charge in [-0.05, 0) is 48.7 Å². The van der Waals surface area contributed by atoms with Gasteiger partial charge in [-0.25, -0.2) is 9.93 Å². The summed E-state index contributed by atoms with van der Waals surface area (Å²) in [6.07, 6.45) is 1.34. The van der Waals surface area contributed by atoms with Crippen LogP contribution in [0.1, 0.15) is 18.4 Å². The van der Waals surface area contributed by atoms with Gasteiger partial charge in [0.15, 0.2) is 0 Å². The fourth-order valence-corrected chi connectivity index (χ4v) is 5.10. The van der Waals surface area contributed by atoms with Crippen molar-refractivity contribution in [3.05, 3.63) is 59.1 Å². The Balaban J connectivity index is 1.49. The molecule has 0 unspecified atom stereocenters. The first-order chi connectivity index (χ1) is 13.3. The molecule has 2 aromatic carbocycles. The third kappa shape index (κ3) is 3.43. The number of nitrogens with zero attached hydrogens (tertiary/aromatic N) is 2. The maximum absolute atomic E-state index is 12.6. The molecule has 2 aliphatic heterocycles. The number of fused-ring (bicyclic) bond motifs is 2. The van der Waals surface area contributed by atoms with Crippen LogP contribution >= 0.6 is 11.6 Å². The number of piperidine rings is 1. The maximum atomic E-state index is 12.6. The second kappa shape index (κ2) is 6.95. The zero-order valence-electron chi connectivity index (χ0n) is 15.1. The van der Waals surface area contributed by atoms with Crippen LogP contribution in [0.3, 0.4) is 0 Å². The monoisotopic (exact) mass is 420 g/mol. The van der Waals surface area contributed by atoms with E-state index in [2.05, 4.69) is 5.32 Å². The molecule has 0 bridgehead atoms. The molecule has 1 saturated heterocycles. The summed E-state index contributed by atoms with van der Waals surface area (Å²) in [5, 5.41) is 8.91. The fourth-order valence-electron chi connectivity index (χ4n) is 4.11. The van der Waals surface area contributed by atoms with Gasteiger partial charge in [-0.1, -0.05) is 29.8 Å². The van der Waals surface area contributed by atoms with E-state index in [9.17, 15) is 13.2 Å². The van der Waals surface area contributed by atoms with Gasteiger partial charge in [0.25, 0.3) is 10.2 Å². The second-order valence-electron chi connectivity index (χ2n) is 7.27. The summed E-state index contributed by atoms with van der Waals surface area (Å²) >= 11 is 5.87. The topological polar surface area (TPSA) is 95.7 Å². The number of anilines is 2. The van der Waals surface area contributed by atoms with Gasteiger partial charge in [-0.3, -0.25) is 4.31 Å². The van der Waals surface area contributed by atoms with E-state index in [1.807, 2.05) is 18.2 Å². The number of urea groups is 1. The third-order valence-electron chi connectivity index (χ3n) is 5.60. The Morgan fingerprint density at radius 3 is 2.36 bits per heavy atom. The van der Waals surface area contributed by atoms with Crippen LogP contribution in [0.4, 0.5) is 16.2 Å². The molecule has 148 valence electrons. The summed E-state index contributed by atoms with van der Waals surface area (Å²) in [6.45, 7) is 1.39. The number of carbonyl (C=O) groups excluding carboxylic acids is 1. The average Bonchev–Trinajstić information content (AvgIpc) is 2.99. The Kier molecular flexibility index (Phi) is 4.73. The van der Waals surface area contributed by atoms with Gasteiger partial charge >= 0.3 is 6.03 Å². The highest BCUT2D eigenvalue weighted by molar-refractivity contribution is 7.90. The lowest BCUT2D eigenvalue weighted by Gasteiger charge is -2.39. The fraction of sp³-hybridized carbons (Fsp3) is 0.316. The van der Waals surface area contributed by atoms with Gasteiger partial charge in [0, 0.05) is 35.8 Å². The molecule has 7 nitrogen and oxygen atoms in total. The van der Waals surface area contributed by atoms with Crippen molar-refractivity contribution in [2.24, 2.45) is 5.14 Å². The largest absolute Gasteiger partial charge is 0.324 e. The zero-order valence-corrected chi connectivity index (χ0v) is 16.7. The number of hydrogen-bond acceptors (Lipinski definition) is 3. The zero-order chi connectivity index (χ0) is 19.9. The first-order valence-electron chi connectivity index (χ1n) is 9.00. The number of halogens is 1. The minimum Gasteiger partial charge on any atom is -0.324 e. The molecule has 1 fully saturated rings. The molecule has 0 atom stereocenters. The van der Waals surface area contributed by atoms with Crippen molar-refractivity contribution in [2.45, 2.75) is 18.3 Å². The Hall–Kier alpha value is -2.29. The normalized spacial score (nSPS) is 18.2. The molecule has 0 aliphatic carbocycles. The minimum atomic E-state index is -3.84. The molecule has 3 N–H and O–H groups in total. The van der Waals surface area contributed by atoms with Crippen molar-refractivity contribution in [3.63, 3.8) is 0 Å². The standard InChI is InChI=1S/C19H21ClN4O3S/c20-14-5-7-15(8-6-14)22-18(25)23-11-9-19(10-12-23)13-24(28(21,26)27)17-4-2-1-3-16(17)19/h1-8H,9-13H2,(H,22,25)(H2,21,26,27). The molecular weight excluding hydrogens is 400 g/mol. The van der Waals surface area contributed by atoms with E-state index in [1.165, 1.54) is 4.31 Å². The molecule has 2 heterocycles. The molecule has 9 heteroatoms. The van der Waals surface area contributed by atoms with E-state index in [1.54, 1.807) is 35.2 Å². The van der Waals surface area contributed by atoms with Crippen LogP contribution in [-0.2, 0) is 15.6 Å². The lowest BCUT2D eigenvalue weighted by molar-refractivity contribution is 0.173. The number of benzene rings is 2. The van der Waals surface area contributed by atoms with Crippen molar-refractivity contribution in [3.8, 4) is 0 Å². The van der Waals surface area contributed by atoms with Crippen molar-refractivity contribution in [2.75, 3.05) is 29.3 Å². The summed E-state index contributed by atoms with van der Waals surface area (Å²) in [6, 6.07) is 14.2. The highest BCUT2D eigenvalue weighted by Gasteiger charge is 2.47. The Bertz CT molecular complexity index is 1000. The van der Waals surface area contributed by atoms with Gasteiger partial charge < -0.3 is 10.2 Å². The molecule has 0 radical (unpaired) electrons. The van der Waals surface area contributed by atoms with Crippen LogP contribution in [0.15, 0.2) is 48.5 Å². The van der Waals surface area contributed by atoms with Crippen molar-refractivity contribution in [1.82, 2.24) is 4.90 Å². The number of nitrogens with one attached hydrogen (secondary N) is 1. The molecular formula is C19H21ClN4O3S. The average molecular weight is 421 g/mol. The predicted octanol–water partition coefficient (Wildman–Crippen LogP) is 2.93. The lowest BCUT2D eigenvalue weighted by Crippen LogP contribution is -2.49. The van der Waals surface area contributed by atoms with Gasteiger partial charge in [0.1, 0.15) is 0 Å². The van der Waals surface area contributed by atoms with Gasteiger partial charge in [0.2, 0.25) is 0 Å². The number of para-hydroxylation sites is 1. The molecule has 0 aromatic heterocycles. The maximum Gasteiger partial charge on any atom is 0.321 e. The van der Waals surface area contributed by atoms with Crippen molar-refractivity contribution in [1.29, 1.82) is 0 Å². The SMILES string of the molecule is NS(=O)(=O)N1CC2(CCN(C(=O)Nc3ccc(Cl)cc3)CC2)c2ccccc21. The number of hydrogen-bond donors (Lipinski definition) is 2. The van der Waals surface area contributed by atoms with Crippen molar-refractivity contribution < 1.29 is 13.2 Å². The number of carbonyl (C=O) groups is 1. The van der Waals surface area contributed by atoms with Crippen LogP contribution in [0.5, 0.6) is 0 Å². The van der Waals surface area contributed by atoms with E-state index in [0.29, 0.717) is 48.9 Å². The highest BCUT2D eigenvalue weighted by atomic mass is 35.5. The Morgan fingerprint density at radius 1 is 1.07 bits per heavy atom. The smallest absolute Gasteiger partial charge is 0.321 e. The molecule has 28 heavy (non-hydrogen) atoms. The van der Waals surface area contributed by atoms with E-state index in [4.69, 9.17) is 16.7 Å². The molecule has 4 rings (SSSR count). The Labute approximate surface area is 169 Å². The van der Waals surface area contributed by atoms with E-state index >= 15 is 0 Å². The molecule has 0 saturated carbocycles. The predicted molar refractivity (Wildman–Crippen MR) is 110 cm³/mol. The van der Waals surface area contributed by atoms with E-state index < -0.39 is 10.2 Å². The summed E-state index contributed by atoms with van der Waals surface area (Å²) in [5.74, 6) is 0. The molecule has 2 aliphatic rings. The molecule has 2 amide bonds. The number of nitrogens with two attached hydrogens (primary N) is 1. The van der Waals surface area contributed by atoms with E-state index in [-0.39, 0.29) is 11.4 Å². The quantitative estimate of drug-likeness (QED) is 0.781. The summed E-state index contributed by atoms with van der Waals surface area (Å²) in [7, 11) is -3.84. The highest BCUT2D eigenvalue weighted by Crippen LogP contribution is 2.47. The number of likely N-dealkylation sites (tertiary alicyclic amines) is 1. The van der Waals surface area contributed by atoms with Crippen LogP contribution in [-0.4, -0.2) is 39.0 Å². The summed E-state index contributed by atoms with van der Waals surface area (Å²) in [4.78, 5) is 14.3. The first-order valence-corrected chi connectivity index (χ1v) is 10.9. The number of amides is 2. The number of rotatable bonds is 2. The minimum absolute atomic E-state index is 0.174. The van der Waals surface area contributed by atoms with Crippen LogP contribution in [0.2, 0.25) is 5.02 Å². The second-order valence-corrected chi connectivity index (χ2v) is 9.18. The van der Waals surface area contributed by atoms with Crippen LogP contribution in [0, 0.1) is 0 Å². The van der Waals surface area contributed by atoms with E-state index in [0.717, 1.165) is 5.56 Å². The summed E-state index contributed by atoms with van der Waals surface area (Å²) in [5.41, 5.74) is 1.99. The third-order valence-corrected chi connectivity index (χ3v) is 6.79. The van der Waals surface area contributed by atoms with Crippen molar-refractivity contribution >= 4 is 39.2 Å². The molecule has 2 aromatic rings.